The summed E-state index contributed by atoms with van der Waals surface area (Å²) in [5.41, 5.74) is 5.61. The Hall–Kier alpha value is 0.263. The number of hydrogen-bond acceptors (Lipinski definition) is 3. The van der Waals surface area contributed by atoms with Gasteiger partial charge in [0, 0.05) is 11.9 Å². The molecule has 0 spiro atoms. The number of rotatable bonds is 2. The summed E-state index contributed by atoms with van der Waals surface area (Å²) in [7, 11) is 9.67. The predicted octanol–water partition coefficient (Wildman–Crippen LogP) is 3.20. The standard InChI is InChI=1S/C9H11N3S2.2ClH.Rh/c1-7-4-3-5-8(11-7)6-10-12-9(13)14-2;;;/h3-6H,1-2H3,(H,11,12,13);2*1H;/q;;;+2/p-2. The van der Waals surface area contributed by atoms with Crippen LogP contribution in [0, 0.1) is 6.92 Å². The Labute approximate surface area is 126 Å². The van der Waals surface area contributed by atoms with Crippen molar-refractivity contribution in [2.75, 3.05) is 6.26 Å². The molecule has 1 heterocycles. The first-order valence-electron chi connectivity index (χ1n) is 4.25. The molecule has 0 fully saturated rings. The molecule has 97 valence electrons. The van der Waals surface area contributed by atoms with Gasteiger partial charge in [0.1, 0.15) is 0 Å². The molecular formula is C9H11Cl2N3RhS2. The number of thioether (sulfide) groups is 1. The molecule has 0 amide bonds. The van der Waals surface area contributed by atoms with Crippen LogP contribution in [0.4, 0.5) is 0 Å². The van der Waals surface area contributed by atoms with Crippen molar-refractivity contribution in [2.24, 2.45) is 5.10 Å². The molecule has 0 aliphatic rings. The second-order valence-corrected chi connectivity index (χ2v) is 6.59. The molecule has 3 nitrogen and oxygen atoms in total. The summed E-state index contributed by atoms with van der Waals surface area (Å²) in [4.78, 5) is 4.25. The van der Waals surface area contributed by atoms with E-state index < -0.39 is 0 Å². The quantitative estimate of drug-likeness (QED) is 0.191. The maximum atomic E-state index is 4.83. The van der Waals surface area contributed by atoms with Gasteiger partial charge in [-0.3, -0.25) is 4.98 Å². The van der Waals surface area contributed by atoms with E-state index in [0.29, 0.717) is 4.32 Å². The van der Waals surface area contributed by atoms with Crippen molar-refractivity contribution < 1.29 is 15.1 Å². The molecule has 1 rings (SSSR count). The molecule has 0 radical (unpaired) electrons. The van der Waals surface area contributed by atoms with E-state index in [-0.39, 0.29) is 15.1 Å². The molecule has 0 aromatic carbocycles. The van der Waals surface area contributed by atoms with Crippen LogP contribution in [0.1, 0.15) is 11.4 Å². The molecule has 0 saturated heterocycles. The van der Waals surface area contributed by atoms with Crippen molar-refractivity contribution in [1.29, 1.82) is 0 Å². The summed E-state index contributed by atoms with van der Waals surface area (Å²) in [6.07, 6.45) is 3.51. The molecule has 0 atom stereocenters. The van der Waals surface area contributed by atoms with E-state index in [2.05, 4.69) is 27.7 Å². The van der Waals surface area contributed by atoms with Crippen molar-refractivity contribution in [3.8, 4) is 0 Å². The second-order valence-electron chi connectivity index (χ2n) is 2.58. The second kappa shape index (κ2) is 11.4. The fourth-order valence-electron chi connectivity index (χ4n) is 0.814. The normalized spacial score (nSPS) is 9.88. The third kappa shape index (κ3) is 9.92. The van der Waals surface area contributed by atoms with Gasteiger partial charge in [-0.05, 0) is 25.3 Å². The summed E-state index contributed by atoms with van der Waals surface area (Å²) in [6.45, 7) is 1.94. The number of aromatic nitrogens is 1. The van der Waals surface area contributed by atoms with Gasteiger partial charge in [-0.1, -0.05) is 17.8 Å². The first-order valence-corrected chi connectivity index (χ1v) is 10.1. The first-order chi connectivity index (χ1) is 8.13. The monoisotopic (exact) mass is 398 g/mol. The van der Waals surface area contributed by atoms with Crippen LogP contribution < -0.4 is 0 Å². The van der Waals surface area contributed by atoms with Gasteiger partial charge < -0.3 is 10.5 Å². The van der Waals surface area contributed by atoms with Gasteiger partial charge in [0.25, 0.3) is 0 Å². The molecule has 0 unspecified atom stereocenters. The van der Waals surface area contributed by atoms with Crippen LogP contribution in [0.5, 0.6) is 0 Å². The summed E-state index contributed by atoms with van der Waals surface area (Å²) in [6, 6.07) is 5.75. The molecule has 0 N–H and O–H groups in total. The van der Waals surface area contributed by atoms with E-state index in [1.54, 1.807) is 6.21 Å². The number of aryl methyl sites for hydroxylation is 1. The fraction of sp³-hybridized carbons (Fsp3) is 0.222. The van der Waals surface area contributed by atoms with Crippen molar-refractivity contribution >= 4 is 53.9 Å². The van der Waals surface area contributed by atoms with E-state index >= 15 is 0 Å². The molecule has 0 saturated carbocycles. The van der Waals surface area contributed by atoms with Gasteiger partial charge in [-0.2, -0.15) is 0 Å². The minimum atomic E-state index is -0.226. The SMILES string of the molecule is CSC(=[SH+])[N-]N=Cc1cccc(C)n1.[Cl][Rh][Cl]. The number of hydrogen-bond donors (Lipinski definition) is 0. The topological polar surface area (TPSA) is 39.4 Å². The van der Waals surface area contributed by atoms with Crippen molar-refractivity contribution in [2.45, 2.75) is 6.92 Å². The Balaban J connectivity index is 0.000000770. The summed E-state index contributed by atoms with van der Waals surface area (Å²) in [5.74, 6) is 0. The zero-order chi connectivity index (χ0) is 13.1. The number of thiol groups is 1. The molecule has 17 heavy (non-hydrogen) atoms. The Morgan fingerprint density at radius 3 is 2.76 bits per heavy atom. The summed E-state index contributed by atoms with van der Waals surface area (Å²) >= 11 is 5.29. The first kappa shape index (κ1) is 17.3. The number of pyridine rings is 1. The van der Waals surface area contributed by atoms with Crippen LogP contribution in [-0.2, 0) is 27.4 Å². The van der Waals surface area contributed by atoms with Crippen LogP contribution in [0.2, 0.25) is 0 Å². The predicted molar refractivity (Wildman–Crippen MR) is 78.9 cm³/mol. The van der Waals surface area contributed by atoms with E-state index in [1.807, 2.05) is 31.4 Å². The van der Waals surface area contributed by atoms with E-state index in [9.17, 15) is 0 Å². The average molecular weight is 399 g/mol. The molecule has 0 aliphatic carbocycles. The van der Waals surface area contributed by atoms with Gasteiger partial charge in [-0.15, -0.1) is 0 Å². The van der Waals surface area contributed by atoms with Gasteiger partial charge in [0.15, 0.2) is 16.5 Å². The Kier molecular flexibility index (Phi) is 11.5. The van der Waals surface area contributed by atoms with Gasteiger partial charge in [0.05, 0.1) is 5.69 Å². The number of halogens is 2. The molecule has 1 aromatic rings. The van der Waals surface area contributed by atoms with Crippen molar-refractivity contribution in [3.63, 3.8) is 0 Å². The maximum absolute atomic E-state index is 4.83. The van der Waals surface area contributed by atoms with Crippen molar-refractivity contribution in [1.82, 2.24) is 4.98 Å². The van der Waals surface area contributed by atoms with Crippen LogP contribution in [-0.4, -0.2) is 21.8 Å². The van der Waals surface area contributed by atoms with E-state index in [1.165, 1.54) is 11.8 Å². The van der Waals surface area contributed by atoms with Crippen LogP contribution in [0.3, 0.4) is 0 Å². The van der Waals surface area contributed by atoms with Crippen LogP contribution in [0.25, 0.3) is 5.43 Å². The number of nitrogens with zero attached hydrogens (tertiary/aromatic N) is 3. The summed E-state index contributed by atoms with van der Waals surface area (Å²) < 4.78 is 0.633. The minimum absolute atomic E-state index is 0.226. The van der Waals surface area contributed by atoms with Crippen LogP contribution in [0.15, 0.2) is 23.3 Å². The third-order valence-electron chi connectivity index (χ3n) is 1.43. The Morgan fingerprint density at radius 1 is 1.59 bits per heavy atom. The molecule has 0 bridgehead atoms. The van der Waals surface area contributed by atoms with Gasteiger partial charge in [-0.25, -0.2) is 0 Å². The molecule has 8 heteroatoms. The zero-order valence-corrected chi connectivity index (χ0v) is 14.0. The van der Waals surface area contributed by atoms with E-state index in [0.717, 1.165) is 11.4 Å². The molecule has 1 aromatic heterocycles. The molecular weight excluding hydrogens is 388 g/mol. The van der Waals surface area contributed by atoms with E-state index in [4.69, 9.17) is 19.4 Å². The van der Waals surface area contributed by atoms with Gasteiger partial charge >= 0.3 is 34.5 Å². The molecule has 0 aliphatic heterocycles. The summed E-state index contributed by atoms with van der Waals surface area (Å²) in [5, 5.41) is 3.86. The van der Waals surface area contributed by atoms with Gasteiger partial charge in [0.2, 0.25) is 0 Å². The Bertz CT molecular complexity index is 377. The van der Waals surface area contributed by atoms with Crippen molar-refractivity contribution in [3.05, 3.63) is 35.0 Å². The van der Waals surface area contributed by atoms with Crippen LogP contribution >= 0.6 is 31.1 Å². The fourth-order valence-corrected chi connectivity index (χ4v) is 0.995. The average Bonchev–Trinajstić information content (AvgIpc) is 2.30. The Morgan fingerprint density at radius 2 is 2.24 bits per heavy atom. The third-order valence-corrected chi connectivity index (χ3v) is 2.51. The zero-order valence-electron chi connectivity index (χ0n) is 9.10.